The van der Waals surface area contributed by atoms with Crippen molar-refractivity contribution in [3.05, 3.63) is 11.6 Å². The van der Waals surface area contributed by atoms with Crippen LogP contribution in [0.2, 0.25) is 0 Å². The van der Waals surface area contributed by atoms with Crippen LogP contribution in [0.25, 0.3) is 0 Å². The lowest BCUT2D eigenvalue weighted by Crippen LogP contribution is -2.18. The van der Waals surface area contributed by atoms with Gasteiger partial charge in [0.2, 0.25) is 5.88 Å². The maximum atomic E-state index is 11.9. The molecule has 0 aliphatic rings. The van der Waals surface area contributed by atoms with Gasteiger partial charge < -0.3 is 19.7 Å². The number of carboxylic acid groups (broad SMARTS) is 1. The van der Waals surface area contributed by atoms with Crippen molar-refractivity contribution in [3.63, 3.8) is 0 Å². The van der Waals surface area contributed by atoms with Crippen molar-refractivity contribution in [1.29, 1.82) is 0 Å². The minimum Gasteiger partial charge on any atom is -0.502 e. The number of hydrogen-bond acceptors (Lipinski definition) is 5. The van der Waals surface area contributed by atoms with Crippen molar-refractivity contribution in [2.45, 2.75) is 6.36 Å². The molecule has 1 heterocycles. The van der Waals surface area contributed by atoms with E-state index in [0.717, 1.165) is 7.11 Å². The van der Waals surface area contributed by atoms with E-state index in [1.165, 1.54) is 0 Å². The molecule has 2 N–H and O–H groups in total. The van der Waals surface area contributed by atoms with Crippen LogP contribution < -0.4 is 9.47 Å². The second-order valence-corrected chi connectivity index (χ2v) is 2.72. The minimum absolute atomic E-state index is 0.438. The molecule has 0 radical (unpaired) electrons. The lowest BCUT2D eigenvalue weighted by molar-refractivity contribution is -0.276. The Bertz CT molecular complexity index is 446. The number of alkyl halides is 3. The number of hydrogen-bond donors (Lipinski definition) is 2. The van der Waals surface area contributed by atoms with Gasteiger partial charge in [-0.05, 0) is 0 Å². The van der Waals surface area contributed by atoms with Crippen LogP contribution >= 0.6 is 0 Å². The molecule has 0 spiro atoms. The van der Waals surface area contributed by atoms with Crippen LogP contribution in [0.4, 0.5) is 13.2 Å². The topological polar surface area (TPSA) is 88.9 Å². The third-order valence-corrected chi connectivity index (χ3v) is 1.58. The number of pyridine rings is 1. The highest BCUT2D eigenvalue weighted by Crippen LogP contribution is 2.33. The van der Waals surface area contributed by atoms with E-state index in [4.69, 9.17) is 5.11 Å². The average molecular weight is 253 g/mol. The first-order valence-electron chi connectivity index (χ1n) is 4.01. The summed E-state index contributed by atoms with van der Waals surface area (Å²) in [6.45, 7) is 0. The Morgan fingerprint density at radius 1 is 1.47 bits per heavy atom. The van der Waals surface area contributed by atoms with Crippen molar-refractivity contribution < 1.29 is 37.7 Å². The molecule has 0 aliphatic carbocycles. The van der Waals surface area contributed by atoms with E-state index >= 15 is 0 Å². The fraction of sp³-hybridized carbons (Fsp3) is 0.250. The Hall–Kier alpha value is -2.19. The summed E-state index contributed by atoms with van der Waals surface area (Å²) in [4.78, 5) is 13.8. The van der Waals surface area contributed by atoms with Crippen LogP contribution in [0.15, 0.2) is 6.07 Å². The predicted molar refractivity (Wildman–Crippen MR) is 46.1 cm³/mol. The molecule has 6 nitrogen and oxygen atoms in total. The van der Waals surface area contributed by atoms with Crippen LogP contribution in [-0.4, -0.2) is 34.6 Å². The second-order valence-electron chi connectivity index (χ2n) is 2.72. The number of carbonyl (C=O) groups is 1. The summed E-state index contributed by atoms with van der Waals surface area (Å²) in [5.41, 5.74) is -0.809. The van der Waals surface area contributed by atoms with E-state index in [2.05, 4.69) is 14.5 Å². The van der Waals surface area contributed by atoms with Gasteiger partial charge in [0.1, 0.15) is 5.56 Å². The van der Waals surface area contributed by atoms with Crippen molar-refractivity contribution >= 4 is 5.97 Å². The zero-order valence-electron chi connectivity index (χ0n) is 8.28. The number of ether oxygens (including phenoxy) is 2. The van der Waals surface area contributed by atoms with Gasteiger partial charge in [-0.2, -0.15) is 4.98 Å². The molecule has 1 rings (SSSR count). The Morgan fingerprint density at radius 2 is 2.06 bits per heavy atom. The van der Waals surface area contributed by atoms with Gasteiger partial charge in [0, 0.05) is 6.07 Å². The summed E-state index contributed by atoms with van der Waals surface area (Å²) in [6.07, 6.45) is -5.02. The maximum Gasteiger partial charge on any atom is 0.574 e. The molecule has 0 atom stereocenters. The van der Waals surface area contributed by atoms with E-state index in [9.17, 15) is 23.1 Å². The van der Waals surface area contributed by atoms with Gasteiger partial charge in [0.25, 0.3) is 5.88 Å². The number of rotatable bonds is 3. The highest BCUT2D eigenvalue weighted by Gasteiger charge is 2.33. The third kappa shape index (κ3) is 3.13. The molecule has 1 aromatic rings. The standard InChI is InChI=1S/C8H6F3NO5/c1-16-6-5(13)3(7(14)15)2-4(12-6)17-8(9,10)11/h2,13H,1H3,(H,14,15). The van der Waals surface area contributed by atoms with Gasteiger partial charge in [-0.3, -0.25) is 0 Å². The SMILES string of the molecule is COc1nc(OC(F)(F)F)cc(C(=O)O)c1O. The van der Waals surface area contributed by atoms with Gasteiger partial charge in [0.15, 0.2) is 5.75 Å². The lowest BCUT2D eigenvalue weighted by Gasteiger charge is -2.11. The summed E-state index contributed by atoms with van der Waals surface area (Å²) >= 11 is 0. The van der Waals surface area contributed by atoms with Crippen molar-refractivity contribution in [1.82, 2.24) is 4.98 Å². The monoisotopic (exact) mass is 253 g/mol. The molecule has 1 aromatic heterocycles. The molecule has 9 heteroatoms. The predicted octanol–water partition coefficient (Wildman–Crippen LogP) is 1.39. The van der Waals surface area contributed by atoms with Gasteiger partial charge >= 0.3 is 12.3 Å². The second kappa shape index (κ2) is 4.36. The number of aromatic carboxylic acids is 1. The van der Waals surface area contributed by atoms with Crippen molar-refractivity contribution in [2.24, 2.45) is 0 Å². The van der Waals surface area contributed by atoms with Gasteiger partial charge in [-0.15, -0.1) is 13.2 Å². The number of methoxy groups -OCH3 is 1. The maximum absolute atomic E-state index is 11.9. The van der Waals surface area contributed by atoms with Crippen LogP contribution in [-0.2, 0) is 0 Å². The number of nitrogens with zero attached hydrogens (tertiary/aromatic N) is 1. The highest BCUT2D eigenvalue weighted by atomic mass is 19.4. The Morgan fingerprint density at radius 3 is 2.47 bits per heavy atom. The Kier molecular flexibility index (Phi) is 3.30. The number of aromatic nitrogens is 1. The molecule has 0 saturated carbocycles. The molecule has 0 bridgehead atoms. The molecule has 0 saturated heterocycles. The molecule has 0 aliphatic heterocycles. The third-order valence-electron chi connectivity index (χ3n) is 1.58. The first-order valence-corrected chi connectivity index (χ1v) is 4.01. The number of aromatic hydroxyl groups is 1. The first-order chi connectivity index (χ1) is 7.74. The van der Waals surface area contributed by atoms with Gasteiger partial charge in [0.05, 0.1) is 7.11 Å². The number of halogens is 3. The summed E-state index contributed by atoms with van der Waals surface area (Å²) in [7, 11) is 1.01. The molecule has 0 unspecified atom stereocenters. The molecule has 17 heavy (non-hydrogen) atoms. The van der Waals surface area contributed by atoms with Crippen LogP contribution in [0.3, 0.4) is 0 Å². The quantitative estimate of drug-likeness (QED) is 0.846. The smallest absolute Gasteiger partial charge is 0.502 e. The van der Waals surface area contributed by atoms with E-state index in [-0.39, 0.29) is 0 Å². The minimum atomic E-state index is -5.02. The zero-order chi connectivity index (χ0) is 13.2. The van der Waals surface area contributed by atoms with E-state index in [1.807, 2.05) is 0 Å². The Labute approximate surface area is 92.2 Å². The molecule has 0 fully saturated rings. The Balaban J connectivity index is 3.25. The number of carboxylic acids is 1. The zero-order valence-corrected chi connectivity index (χ0v) is 8.28. The summed E-state index contributed by atoms with van der Waals surface area (Å²) in [5.74, 6) is -4.24. The van der Waals surface area contributed by atoms with Crippen LogP contribution in [0.1, 0.15) is 10.4 Å². The van der Waals surface area contributed by atoms with Crippen molar-refractivity contribution in [3.8, 4) is 17.5 Å². The summed E-state index contributed by atoms with van der Waals surface area (Å²) in [6, 6.07) is 0.438. The molecular formula is C8H6F3NO5. The first kappa shape index (κ1) is 12.9. The largest absolute Gasteiger partial charge is 0.574 e. The molecule has 0 amide bonds. The van der Waals surface area contributed by atoms with Crippen molar-refractivity contribution in [2.75, 3.05) is 7.11 Å². The van der Waals surface area contributed by atoms with E-state index < -0.39 is 35.4 Å². The van der Waals surface area contributed by atoms with Gasteiger partial charge in [-0.25, -0.2) is 4.79 Å². The molecule has 0 aromatic carbocycles. The highest BCUT2D eigenvalue weighted by molar-refractivity contribution is 5.91. The molecule has 94 valence electrons. The fourth-order valence-electron chi connectivity index (χ4n) is 0.969. The van der Waals surface area contributed by atoms with Crippen LogP contribution in [0, 0.1) is 0 Å². The van der Waals surface area contributed by atoms with Crippen LogP contribution in [0.5, 0.6) is 17.5 Å². The molecular weight excluding hydrogens is 247 g/mol. The lowest BCUT2D eigenvalue weighted by atomic mass is 10.2. The van der Waals surface area contributed by atoms with E-state index in [0.29, 0.717) is 6.07 Å². The van der Waals surface area contributed by atoms with E-state index in [1.54, 1.807) is 0 Å². The normalized spacial score (nSPS) is 11.1. The fourth-order valence-corrected chi connectivity index (χ4v) is 0.969. The van der Waals surface area contributed by atoms with Gasteiger partial charge in [-0.1, -0.05) is 0 Å². The summed E-state index contributed by atoms with van der Waals surface area (Å²) in [5, 5.41) is 17.9. The summed E-state index contributed by atoms with van der Waals surface area (Å²) < 4.78 is 43.5. The average Bonchev–Trinajstić information content (AvgIpc) is 2.17.